The maximum atomic E-state index is 13.0. The Bertz CT molecular complexity index is 1280. The van der Waals surface area contributed by atoms with E-state index in [2.05, 4.69) is 25.4 Å². The van der Waals surface area contributed by atoms with Gasteiger partial charge in [-0.25, -0.2) is 19.5 Å². The molecule has 4 aromatic rings. The number of hydrogen-bond acceptors (Lipinski definition) is 7. The number of nitrogens with zero attached hydrogens (tertiary/aromatic N) is 6. The minimum atomic E-state index is -4.18. The number of alkyl halides is 3. The number of hydrogen-bond donors (Lipinski definition) is 1. The van der Waals surface area contributed by atoms with E-state index in [9.17, 15) is 18.0 Å². The van der Waals surface area contributed by atoms with Crippen LogP contribution < -0.4 is 10.2 Å². The van der Waals surface area contributed by atoms with E-state index < -0.39 is 18.0 Å². The summed E-state index contributed by atoms with van der Waals surface area (Å²) in [6, 6.07) is 6.75. The molecule has 170 valence electrons. The van der Waals surface area contributed by atoms with Gasteiger partial charge in [-0.05, 0) is 31.0 Å². The van der Waals surface area contributed by atoms with Gasteiger partial charge in [0.05, 0.1) is 18.3 Å². The molecule has 1 N–H and O–H groups in total. The molecule has 1 fully saturated rings. The van der Waals surface area contributed by atoms with Crippen molar-refractivity contribution >= 4 is 23.2 Å². The molecule has 0 unspecified atom stereocenters. The van der Waals surface area contributed by atoms with Crippen LogP contribution in [0.25, 0.3) is 17.1 Å². The second-order valence-electron chi connectivity index (χ2n) is 7.64. The van der Waals surface area contributed by atoms with Crippen LogP contribution in [0.4, 0.5) is 24.8 Å². The summed E-state index contributed by atoms with van der Waals surface area (Å²) in [5, 5.41) is 6.87. The number of piperidine rings is 1. The Hall–Kier alpha value is -3.96. The minimum Gasteiger partial charge on any atom is -0.442 e. The van der Waals surface area contributed by atoms with Gasteiger partial charge in [0.1, 0.15) is 22.9 Å². The number of anilines is 2. The lowest BCUT2D eigenvalue weighted by Gasteiger charge is -2.33. The highest BCUT2D eigenvalue weighted by atomic mass is 19.4. The molecule has 1 aliphatic rings. The topological polar surface area (TPSA) is 101 Å². The molecule has 33 heavy (non-hydrogen) atoms. The maximum Gasteiger partial charge on any atom is 0.391 e. The average Bonchev–Trinajstić information content (AvgIpc) is 3.49. The van der Waals surface area contributed by atoms with E-state index in [1.165, 1.54) is 23.3 Å². The number of oxazole rings is 1. The smallest absolute Gasteiger partial charge is 0.391 e. The van der Waals surface area contributed by atoms with Crippen LogP contribution in [-0.4, -0.2) is 49.7 Å². The standard InChI is InChI=1S/C21H18F3N7O2/c22-21(23,24)13-4-7-30(8-5-13)18-6-9-31-19(29-18)14(10-26-31)20(32)28-17-3-1-2-15(27-17)16-11-25-12-33-16/h1-3,6,9-13H,4-5,7-8H2,(H,27,28,32). The number of nitrogens with one attached hydrogen (secondary N) is 1. The second-order valence-corrected chi connectivity index (χ2v) is 7.64. The van der Waals surface area contributed by atoms with E-state index in [1.54, 1.807) is 35.4 Å². The summed E-state index contributed by atoms with van der Waals surface area (Å²) >= 11 is 0. The van der Waals surface area contributed by atoms with E-state index in [4.69, 9.17) is 4.42 Å². The molecule has 12 heteroatoms. The molecule has 0 spiro atoms. The normalized spacial score (nSPS) is 15.2. The molecule has 0 bridgehead atoms. The van der Waals surface area contributed by atoms with Crippen LogP contribution in [0.2, 0.25) is 0 Å². The van der Waals surface area contributed by atoms with Crippen LogP contribution in [0, 0.1) is 5.92 Å². The highest BCUT2D eigenvalue weighted by Gasteiger charge is 2.41. The third-order valence-corrected chi connectivity index (χ3v) is 5.56. The number of rotatable bonds is 4. The van der Waals surface area contributed by atoms with Gasteiger partial charge < -0.3 is 14.6 Å². The molecule has 0 saturated carbocycles. The first-order chi connectivity index (χ1) is 15.9. The zero-order valence-corrected chi connectivity index (χ0v) is 17.2. The zero-order valence-electron chi connectivity index (χ0n) is 17.2. The number of carbonyl (C=O) groups is 1. The van der Waals surface area contributed by atoms with E-state index >= 15 is 0 Å². The van der Waals surface area contributed by atoms with Crippen LogP contribution >= 0.6 is 0 Å². The van der Waals surface area contributed by atoms with E-state index in [0.29, 0.717) is 28.7 Å². The van der Waals surface area contributed by atoms with Crippen molar-refractivity contribution in [2.45, 2.75) is 19.0 Å². The van der Waals surface area contributed by atoms with Crippen molar-refractivity contribution in [3.8, 4) is 11.5 Å². The SMILES string of the molecule is O=C(Nc1cccc(-c2cnco2)n1)c1cnn2ccc(N3CCC(C(F)(F)F)CC3)nc12. The summed E-state index contributed by atoms with van der Waals surface area (Å²) in [6.07, 6.45) is 1.66. The molecule has 0 radical (unpaired) electrons. The minimum absolute atomic E-state index is 0.0101. The quantitative estimate of drug-likeness (QED) is 0.497. The van der Waals surface area contributed by atoms with Crippen LogP contribution in [0.15, 0.2) is 53.7 Å². The third kappa shape index (κ3) is 4.23. The molecule has 1 aliphatic heterocycles. The van der Waals surface area contributed by atoms with Crippen LogP contribution in [0.5, 0.6) is 0 Å². The second kappa shape index (κ2) is 8.19. The first kappa shape index (κ1) is 20.9. The Morgan fingerprint density at radius 2 is 1.94 bits per heavy atom. The maximum absolute atomic E-state index is 13.0. The summed E-state index contributed by atoms with van der Waals surface area (Å²) in [6.45, 7) is 0.475. The molecule has 1 saturated heterocycles. The van der Waals surface area contributed by atoms with Crippen molar-refractivity contribution in [3.63, 3.8) is 0 Å². The number of fused-ring (bicyclic) bond motifs is 1. The van der Waals surface area contributed by atoms with Gasteiger partial charge in [0.25, 0.3) is 5.91 Å². The first-order valence-electron chi connectivity index (χ1n) is 10.2. The number of pyridine rings is 1. The van der Waals surface area contributed by atoms with Crippen molar-refractivity contribution < 1.29 is 22.4 Å². The fourth-order valence-electron chi connectivity index (χ4n) is 3.80. The summed E-state index contributed by atoms with van der Waals surface area (Å²) in [5.41, 5.74) is 1.02. The van der Waals surface area contributed by atoms with Gasteiger partial charge in [-0.1, -0.05) is 6.07 Å². The number of amides is 1. The fraction of sp³-hybridized carbons (Fsp3) is 0.286. The molecular weight excluding hydrogens is 439 g/mol. The van der Waals surface area contributed by atoms with Gasteiger partial charge in [-0.15, -0.1) is 0 Å². The fourth-order valence-corrected chi connectivity index (χ4v) is 3.80. The van der Waals surface area contributed by atoms with Crippen LogP contribution in [0.3, 0.4) is 0 Å². The van der Waals surface area contributed by atoms with Gasteiger partial charge in [0, 0.05) is 19.3 Å². The first-order valence-corrected chi connectivity index (χ1v) is 10.2. The Balaban J connectivity index is 1.35. The van der Waals surface area contributed by atoms with Gasteiger partial charge in [-0.3, -0.25) is 4.79 Å². The van der Waals surface area contributed by atoms with Gasteiger partial charge in [0.2, 0.25) is 0 Å². The largest absolute Gasteiger partial charge is 0.442 e. The molecule has 5 heterocycles. The predicted molar refractivity (Wildman–Crippen MR) is 112 cm³/mol. The van der Waals surface area contributed by atoms with Gasteiger partial charge in [0.15, 0.2) is 17.8 Å². The van der Waals surface area contributed by atoms with E-state index in [0.717, 1.165) is 0 Å². The third-order valence-electron chi connectivity index (χ3n) is 5.56. The highest BCUT2D eigenvalue weighted by Crippen LogP contribution is 2.35. The van der Waals surface area contributed by atoms with E-state index in [1.807, 2.05) is 0 Å². The lowest BCUT2D eigenvalue weighted by molar-refractivity contribution is -0.179. The van der Waals surface area contributed by atoms with Crippen molar-refractivity contribution in [1.29, 1.82) is 0 Å². The molecule has 4 aromatic heterocycles. The van der Waals surface area contributed by atoms with Crippen LogP contribution in [-0.2, 0) is 0 Å². The number of carbonyl (C=O) groups excluding carboxylic acids is 1. The molecule has 0 aromatic carbocycles. The number of aromatic nitrogens is 5. The monoisotopic (exact) mass is 457 g/mol. The molecule has 9 nitrogen and oxygen atoms in total. The summed E-state index contributed by atoms with van der Waals surface area (Å²) in [7, 11) is 0. The van der Waals surface area contributed by atoms with Crippen molar-refractivity contribution in [2.75, 3.05) is 23.3 Å². The molecule has 1 amide bonds. The zero-order chi connectivity index (χ0) is 23.0. The Morgan fingerprint density at radius 1 is 1.12 bits per heavy atom. The van der Waals surface area contributed by atoms with Crippen LogP contribution in [0.1, 0.15) is 23.2 Å². The summed E-state index contributed by atoms with van der Waals surface area (Å²) in [4.78, 5) is 27.4. The lowest BCUT2D eigenvalue weighted by atomic mass is 9.96. The van der Waals surface area contributed by atoms with Crippen molar-refractivity contribution in [1.82, 2.24) is 24.6 Å². The summed E-state index contributed by atoms with van der Waals surface area (Å²) < 4.78 is 45.6. The Morgan fingerprint density at radius 3 is 2.67 bits per heavy atom. The molecular formula is C21H18F3N7O2. The van der Waals surface area contributed by atoms with Gasteiger partial charge >= 0.3 is 6.18 Å². The molecule has 0 aliphatic carbocycles. The Kier molecular flexibility index (Phi) is 5.19. The molecule has 5 rings (SSSR count). The van der Waals surface area contributed by atoms with Crippen molar-refractivity contribution in [2.24, 2.45) is 5.92 Å². The predicted octanol–water partition coefficient (Wildman–Crippen LogP) is 3.81. The Labute approximate surface area is 185 Å². The van der Waals surface area contributed by atoms with Crippen molar-refractivity contribution in [3.05, 3.63) is 54.8 Å². The number of halogens is 3. The summed E-state index contributed by atoms with van der Waals surface area (Å²) in [5.74, 6) is -0.494. The molecule has 0 atom stereocenters. The highest BCUT2D eigenvalue weighted by molar-refractivity contribution is 6.07. The van der Waals surface area contributed by atoms with E-state index in [-0.39, 0.29) is 31.5 Å². The van der Waals surface area contributed by atoms with Gasteiger partial charge in [-0.2, -0.15) is 18.3 Å². The average molecular weight is 457 g/mol. The lowest BCUT2D eigenvalue weighted by Crippen LogP contribution is -2.39.